The predicted octanol–water partition coefficient (Wildman–Crippen LogP) is 3.26. The average molecular weight is 298 g/mol. The highest BCUT2D eigenvalue weighted by Crippen LogP contribution is 2.32. The molecule has 0 bridgehead atoms. The van der Waals surface area contributed by atoms with E-state index in [1.165, 1.54) is 25.7 Å². The van der Waals surface area contributed by atoms with Crippen molar-refractivity contribution in [2.75, 3.05) is 19.6 Å². The maximum absolute atomic E-state index is 11.8. The number of hydrogen-bond acceptors (Lipinski definition) is 3. The summed E-state index contributed by atoms with van der Waals surface area (Å²) < 4.78 is 0. The summed E-state index contributed by atoms with van der Waals surface area (Å²) in [5.41, 5.74) is -0.700. The monoisotopic (exact) mass is 298 g/mol. The number of carboxylic acids is 1. The Kier molecular flexibility index (Phi) is 8.27. The summed E-state index contributed by atoms with van der Waals surface area (Å²) >= 11 is 0. The zero-order valence-corrected chi connectivity index (χ0v) is 14.2. The van der Waals surface area contributed by atoms with E-state index in [0.717, 1.165) is 45.3 Å². The van der Waals surface area contributed by atoms with E-state index in [0.29, 0.717) is 6.04 Å². The summed E-state index contributed by atoms with van der Waals surface area (Å²) in [5, 5.41) is 13.0. The second-order valence-corrected chi connectivity index (χ2v) is 6.41. The van der Waals surface area contributed by atoms with Gasteiger partial charge in [0.1, 0.15) is 5.54 Å². The van der Waals surface area contributed by atoms with E-state index < -0.39 is 11.5 Å². The van der Waals surface area contributed by atoms with E-state index in [4.69, 9.17) is 0 Å². The first-order valence-corrected chi connectivity index (χ1v) is 8.82. The molecule has 0 aromatic heterocycles. The number of hydrogen-bond donors (Lipinski definition) is 2. The fraction of sp³-hybridized carbons (Fsp3) is 0.941. The van der Waals surface area contributed by atoms with Crippen molar-refractivity contribution in [1.82, 2.24) is 10.2 Å². The molecule has 0 radical (unpaired) electrons. The highest BCUT2D eigenvalue weighted by molar-refractivity contribution is 5.79. The topological polar surface area (TPSA) is 52.6 Å². The third kappa shape index (κ3) is 5.26. The van der Waals surface area contributed by atoms with Gasteiger partial charge in [-0.05, 0) is 58.2 Å². The molecule has 2 N–H and O–H groups in total. The Hall–Kier alpha value is -0.610. The quantitative estimate of drug-likeness (QED) is 0.650. The molecule has 1 saturated carbocycles. The minimum atomic E-state index is -0.700. The third-order valence-electron chi connectivity index (χ3n) is 4.76. The molecule has 1 fully saturated rings. The second kappa shape index (κ2) is 9.42. The van der Waals surface area contributed by atoms with Crippen molar-refractivity contribution in [2.24, 2.45) is 0 Å². The summed E-state index contributed by atoms with van der Waals surface area (Å²) in [6.45, 7) is 9.40. The van der Waals surface area contributed by atoms with Gasteiger partial charge in [0.2, 0.25) is 0 Å². The first-order valence-electron chi connectivity index (χ1n) is 8.82. The van der Waals surface area contributed by atoms with Gasteiger partial charge in [-0.2, -0.15) is 0 Å². The van der Waals surface area contributed by atoms with Crippen LogP contribution in [0.5, 0.6) is 0 Å². The smallest absolute Gasteiger partial charge is 0.323 e. The highest BCUT2D eigenvalue weighted by atomic mass is 16.4. The Bertz CT molecular complexity index is 297. The van der Waals surface area contributed by atoms with E-state index in [-0.39, 0.29) is 0 Å². The van der Waals surface area contributed by atoms with Gasteiger partial charge in [0, 0.05) is 6.04 Å². The number of carbonyl (C=O) groups is 1. The number of nitrogens with one attached hydrogen (secondary N) is 1. The number of carboxylic acid groups (broad SMARTS) is 1. The molecule has 1 aliphatic carbocycles. The molecule has 0 aromatic carbocycles. The number of aliphatic carboxylic acids is 1. The molecule has 1 aliphatic rings. The number of unbranched alkanes of at least 4 members (excludes halogenated alkanes) is 2. The molecule has 0 saturated heterocycles. The van der Waals surface area contributed by atoms with Crippen LogP contribution >= 0.6 is 0 Å². The second-order valence-electron chi connectivity index (χ2n) is 6.41. The van der Waals surface area contributed by atoms with Crippen molar-refractivity contribution in [3.05, 3.63) is 0 Å². The molecule has 4 heteroatoms. The van der Waals surface area contributed by atoms with Gasteiger partial charge in [0.05, 0.1) is 0 Å². The molecule has 4 nitrogen and oxygen atoms in total. The van der Waals surface area contributed by atoms with E-state index in [9.17, 15) is 9.90 Å². The van der Waals surface area contributed by atoms with Gasteiger partial charge in [0.15, 0.2) is 0 Å². The van der Waals surface area contributed by atoms with Crippen LogP contribution in [0.3, 0.4) is 0 Å². The number of likely N-dealkylation sites (N-methyl/N-ethyl adjacent to an activating group) is 1. The van der Waals surface area contributed by atoms with Crippen LogP contribution in [0.15, 0.2) is 0 Å². The zero-order valence-electron chi connectivity index (χ0n) is 14.2. The molecular weight excluding hydrogens is 264 g/mol. The average Bonchev–Trinajstić information content (AvgIpc) is 2.48. The molecule has 1 rings (SSSR count). The summed E-state index contributed by atoms with van der Waals surface area (Å²) in [5.74, 6) is -0.667. The zero-order chi connectivity index (χ0) is 15.7. The Labute approximate surface area is 130 Å². The highest BCUT2D eigenvalue weighted by Gasteiger charge is 2.43. The van der Waals surface area contributed by atoms with Crippen molar-refractivity contribution >= 4 is 5.97 Å². The first-order chi connectivity index (χ1) is 10.1. The first kappa shape index (κ1) is 18.4. The fourth-order valence-electron chi connectivity index (χ4n) is 3.53. The van der Waals surface area contributed by atoms with Gasteiger partial charge < -0.3 is 15.3 Å². The standard InChI is InChI=1S/C17H34N2O2/c1-4-7-12-19(13-8-5-2)15-10-9-11-17(14-15,16(20)21)18-6-3/h15,18H,4-14H2,1-3H3,(H,20,21). The molecule has 0 aromatic rings. The van der Waals surface area contributed by atoms with Crippen molar-refractivity contribution in [3.8, 4) is 0 Å². The number of rotatable bonds is 10. The van der Waals surface area contributed by atoms with Gasteiger partial charge in [-0.15, -0.1) is 0 Å². The largest absolute Gasteiger partial charge is 0.480 e. The predicted molar refractivity (Wildman–Crippen MR) is 87.7 cm³/mol. The lowest BCUT2D eigenvalue weighted by molar-refractivity contribution is -0.147. The van der Waals surface area contributed by atoms with Crippen molar-refractivity contribution in [3.63, 3.8) is 0 Å². The lowest BCUT2D eigenvalue weighted by atomic mass is 9.78. The number of nitrogens with zero attached hydrogens (tertiary/aromatic N) is 1. The molecule has 124 valence electrons. The summed E-state index contributed by atoms with van der Waals surface area (Å²) in [4.78, 5) is 14.3. The van der Waals surface area contributed by atoms with Gasteiger partial charge in [-0.3, -0.25) is 4.79 Å². The van der Waals surface area contributed by atoms with Crippen molar-refractivity contribution in [2.45, 2.75) is 83.7 Å². The molecule has 0 spiro atoms. The minimum absolute atomic E-state index is 0.423. The maximum atomic E-state index is 11.8. The molecule has 21 heavy (non-hydrogen) atoms. The summed E-state index contributed by atoms with van der Waals surface area (Å²) in [6, 6.07) is 0.423. The van der Waals surface area contributed by atoms with Crippen LogP contribution < -0.4 is 5.32 Å². The normalized spacial score (nSPS) is 26.2. The third-order valence-corrected chi connectivity index (χ3v) is 4.76. The van der Waals surface area contributed by atoms with Gasteiger partial charge >= 0.3 is 5.97 Å². The molecule has 2 atom stereocenters. The Morgan fingerprint density at radius 1 is 1.24 bits per heavy atom. The summed E-state index contributed by atoms with van der Waals surface area (Å²) in [6.07, 6.45) is 8.50. The van der Waals surface area contributed by atoms with Crippen LogP contribution in [-0.2, 0) is 4.79 Å². The SMILES string of the molecule is CCCCN(CCCC)C1CCCC(NCC)(C(=O)O)C1. The van der Waals surface area contributed by atoms with Crippen LogP contribution in [0.4, 0.5) is 0 Å². The van der Waals surface area contributed by atoms with Gasteiger partial charge in [0.25, 0.3) is 0 Å². The van der Waals surface area contributed by atoms with E-state index in [2.05, 4.69) is 24.1 Å². The van der Waals surface area contributed by atoms with Crippen LogP contribution in [0, 0.1) is 0 Å². The molecular formula is C17H34N2O2. The maximum Gasteiger partial charge on any atom is 0.323 e. The fourth-order valence-corrected chi connectivity index (χ4v) is 3.53. The Morgan fingerprint density at radius 2 is 1.86 bits per heavy atom. The van der Waals surface area contributed by atoms with Gasteiger partial charge in [-0.1, -0.05) is 33.6 Å². The molecule has 0 amide bonds. The van der Waals surface area contributed by atoms with Crippen LogP contribution in [0.1, 0.15) is 72.1 Å². The summed E-state index contributed by atoms with van der Waals surface area (Å²) in [7, 11) is 0. The lowest BCUT2D eigenvalue weighted by Gasteiger charge is -2.43. The van der Waals surface area contributed by atoms with Crippen molar-refractivity contribution in [1.29, 1.82) is 0 Å². The van der Waals surface area contributed by atoms with E-state index >= 15 is 0 Å². The minimum Gasteiger partial charge on any atom is -0.480 e. The molecule has 2 unspecified atom stereocenters. The van der Waals surface area contributed by atoms with E-state index in [1.807, 2.05) is 6.92 Å². The van der Waals surface area contributed by atoms with Crippen LogP contribution in [0.2, 0.25) is 0 Å². The lowest BCUT2D eigenvalue weighted by Crippen LogP contribution is -2.58. The Balaban J connectivity index is 2.75. The Morgan fingerprint density at radius 3 is 2.33 bits per heavy atom. The van der Waals surface area contributed by atoms with Gasteiger partial charge in [-0.25, -0.2) is 0 Å². The van der Waals surface area contributed by atoms with Crippen LogP contribution in [0.25, 0.3) is 0 Å². The van der Waals surface area contributed by atoms with E-state index in [1.54, 1.807) is 0 Å². The molecule has 0 aliphatic heterocycles. The van der Waals surface area contributed by atoms with Crippen LogP contribution in [-0.4, -0.2) is 47.2 Å². The molecule has 0 heterocycles. The van der Waals surface area contributed by atoms with Crippen molar-refractivity contribution < 1.29 is 9.90 Å².